The number of aliphatic hydroxyl groups excluding tert-OH is 1. The van der Waals surface area contributed by atoms with Crippen molar-refractivity contribution in [3.05, 3.63) is 112 Å². The number of benzene rings is 4. The van der Waals surface area contributed by atoms with Crippen LogP contribution in [0.3, 0.4) is 0 Å². The molecule has 4 amide bonds. The highest BCUT2D eigenvalue weighted by molar-refractivity contribution is 6.06. The first-order valence-corrected chi connectivity index (χ1v) is 26.1. The summed E-state index contributed by atoms with van der Waals surface area (Å²) < 4.78 is 35.2. The number of methoxy groups -OCH3 is 3. The molecule has 4 aromatic rings. The lowest BCUT2D eigenvalue weighted by Gasteiger charge is -2.31. The molecular weight excluding hydrogens is 959 g/mol. The number of ether oxygens (including phenoxy) is 6. The molecule has 5 atom stereocenters. The van der Waals surface area contributed by atoms with E-state index >= 15 is 0 Å². The molecule has 1 saturated heterocycles. The summed E-state index contributed by atoms with van der Waals surface area (Å²) in [6.45, 7) is 6.33. The van der Waals surface area contributed by atoms with Crippen LogP contribution in [0.5, 0.6) is 28.7 Å². The van der Waals surface area contributed by atoms with E-state index in [9.17, 15) is 29.1 Å². The molecule has 398 valence electrons. The Hall–Kier alpha value is -7.11. The quantitative estimate of drug-likeness (QED) is 0.0730. The summed E-state index contributed by atoms with van der Waals surface area (Å²) in [4.78, 5) is 72.6. The van der Waals surface area contributed by atoms with Crippen molar-refractivity contribution in [3.63, 3.8) is 0 Å². The molecule has 4 heterocycles. The minimum absolute atomic E-state index is 0.0519. The van der Waals surface area contributed by atoms with Gasteiger partial charge in [-0.3, -0.25) is 19.2 Å². The largest absolute Gasteiger partial charge is 0.497 e. The fraction of sp³-hybridized carbons (Fsp3) is 0.466. The maximum atomic E-state index is 14.3. The standard InChI is InChI=1S/C58H69N5O12/c1-34(2)52(59)53(65)60-35(3)47(64)24-36-10-12-37(13-11-36)32-75-57(69)63-45-29-51(49(72-6)28-44(45)55(67)62-33-58(20-21-58)30-46(62)56(63)68)74-23-9-7-8-22-73-50-26-39-14-17-41-25-40(38-15-18-42(70-4)19-16-38)31-61(41)54(66)43(39)27-48(50)71-5/h10-13,15-16,18-19,26-29,31,34-35,41,46,52,56,68H,7-9,14,17,20-25,30,32-33,59H2,1-6H3,(H,60,65)/t35-,41-,46-,52+,56?/m0/s1. The molecule has 1 unspecified atom stereocenters. The molecule has 2 fully saturated rings. The van der Waals surface area contributed by atoms with Crippen LogP contribution in [0.4, 0.5) is 10.5 Å². The third kappa shape index (κ3) is 11.3. The first-order valence-electron chi connectivity index (χ1n) is 26.1. The highest BCUT2D eigenvalue weighted by atomic mass is 16.6. The lowest BCUT2D eigenvalue weighted by Crippen LogP contribution is -2.50. The summed E-state index contributed by atoms with van der Waals surface area (Å²) >= 11 is 0. The minimum atomic E-state index is -1.40. The number of carbonyl (C=O) groups excluding carboxylic acids is 5. The fourth-order valence-electron chi connectivity index (χ4n) is 10.6. The number of unbranched alkanes of at least 4 members (excludes halogenated alkanes) is 2. The lowest BCUT2D eigenvalue weighted by atomic mass is 9.97. The Morgan fingerprint density at radius 2 is 1.45 bits per heavy atom. The van der Waals surface area contributed by atoms with Crippen molar-refractivity contribution in [3.8, 4) is 28.7 Å². The minimum Gasteiger partial charge on any atom is -0.497 e. The topological polar surface area (TPSA) is 209 Å². The highest BCUT2D eigenvalue weighted by Gasteiger charge is 2.58. The molecule has 4 aliphatic heterocycles. The van der Waals surface area contributed by atoms with Crippen molar-refractivity contribution >= 4 is 40.9 Å². The number of ketones is 1. The molecule has 0 radical (unpaired) electrons. The average molecular weight is 1030 g/mol. The molecule has 0 aromatic heterocycles. The third-order valence-corrected chi connectivity index (χ3v) is 15.5. The van der Waals surface area contributed by atoms with Gasteiger partial charge in [0.2, 0.25) is 5.91 Å². The van der Waals surface area contributed by atoms with Crippen molar-refractivity contribution < 1.29 is 57.5 Å². The van der Waals surface area contributed by atoms with E-state index in [2.05, 4.69) is 5.32 Å². The van der Waals surface area contributed by atoms with Crippen molar-refractivity contribution in [2.24, 2.45) is 17.1 Å². The summed E-state index contributed by atoms with van der Waals surface area (Å²) in [5, 5.41) is 14.7. The summed E-state index contributed by atoms with van der Waals surface area (Å²) in [5.41, 5.74) is 11.3. The third-order valence-electron chi connectivity index (χ3n) is 15.5. The zero-order valence-electron chi connectivity index (χ0n) is 43.7. The van der Waals surface area contributed by atoms with Gasteiger partial charge in [-0.05, 0) is 134 Å². The SMILES string of the molecule is COc1ccc(C2=CN3C(=O)c4cc(OC)c(OCCCCCOc5cc6c(cc5OC)C(=O)N5CC7(CC7)C[C@H]5C(O)N6C(=O)OCc5ccc(CC(=O)[C@H](C)NC(=O)[C@H](N)C(C)C)cc5)cc4CC[C@H]3C2)cc1. The Morgan fingerprint density at radius 3 is 2.09 bits per heavy atom. The molecule has 75 heavy (non-hydrogen) atoms. The highest BCUT2D eigenvalue weighted by Crippen LogP contribution is 2.57. The number of amides is 4. The number of rotatable bonds is 20. The van der Waals surface area contributed by atoms with Gasteiger partial charge in [0.15, 0.2) is 35.0 Å². The van der Waals surface area contributed by atoms with Crippen LogP contribution in [0, 0.1) is 11.3 Å². The average Bonchev–Trinajstić information content (AvgIpc) is 3.95. The number of nitrogens with zero attached hydrogens (tertiary/aromatic N) is 3. The summed E-state index contributed by atoms with van der Waals surface area (Å²) in [6.07, 6.45) is 6.65. The molecule has 1 spiro atoms. The number of hydrogen-bond donors (Lipinski definition) is 3. The van der Waals surface area contributed by atoms with E-state index < -0.39 is 30.4 Å². The number of carbonyl (C=O) groups is 5. The first-order chi connectivity index (χ1) is 36.1. The smallest absolute Gasteiger partial charge is 0.416 e. The summed E-state index contributed by atoms with van der Waals surface area (Å²) in [6, 6.07) is 19.8. The van der Waals surface area contributed by atoms with Crippen LogP contribution in [0.1, 0.15) is 115 Å². The molecular formula is C58H69N5O12. The molecule has 9 rings (SSSR count). The summed E-state index contributed by atoms with van der Waals surface area (Å²) in [7, 11) is 4.70. The second-order valence-electron chi connectivity index (χ2n) is 20.9. The normalized spacial score (nSPS) is 19.9. The number of nitrogens with one attached hydrogen (secondary N) is 1. The van der Waals surface area contributed by atoms with E-state index in [0.717, 1.165) is 65.9 Å². The number of fused-ring (bicyclic) bond motifs is 4. The number of nitrogens with two attached hydrogens (primary N) is 1. The van der Waals surface area contributed by atoms with E-state index in [1.165, 1.54) is 7.11 Å². The van der Waals surface area contributed by atoms with Crippen molar-refractivity contribution in [2.75, 3.05) is 46.0 Å². The Morgan fingerprint density at radius 1 is 0.800 bits per heavy atom. The second kappa shape index (κ2) is 22.4. The molecule has 4 N–H and O–H groups in total. The van der Waals surface area contributed by atoms with Gasteiger partial charge in [-0.15, -0.1) is 0 Å². The van der Waals surface area contributed by atoms with E-state index in [-0.39, 0.29) is 71.8 Å². The molecule has 0 bridgehead atoms. The van der Waals surface area contributed by atoms with Crippen molar-refractivity contribution in [1.82, 2.24) is 15.1 Å². The van der Waals surface area contributed by atoms with Crippen LogP contribution >= 0.6 is 0 Å². The van der Waals surface area contributed by atoms with Gasteiger partial charge in [0.1, 0.15) is 12.4 Å². The van der Waals surface area contributed by atoms with Gasteiger partial charge in [-0.25, -0.2) is 9.69 Å². The van der Waals surface area contributed by atoms with E-state index in [0.29, 0.717) is 72.1 Å². The van der Waals surface area contributed by atoms with Gasteiger partial charge in [0, 0.05) is 36.8 Å². The fourth-order valence-corrected chi connectivity index (χ4v) is 10.6. The van der Waals surface area contributed by atoms with Crippen LogP contribution in [-0.2, 0) is 33.8 Å². The van der Waals surface area contributed by atoms with E-state index in [4.69, 9.17) is 34.2 Å². The summed E-state index contributed by atoms with van der Waals surface area (Å²) in [5.74, 6) is 1.48. The molecule has 4 aromatic carbocycles. The predicted molar refractivity (Wildman–Crippen MR) is 280 cm³/mol. The van der Waals surface area contributed by atoms with Gasteiger partial charge in [-0.2, -0.15) is 0 Å². The van der Waals surface area contributed by atoms with E-state index in [1.54, 1.807) is 68.5 Å². The van der Waals surface area contributed by atoms with Gasteiger partial charge >= 0.3 is 6.09 Å². The Kier molecular flexibility index (Phi) is 15.7. The molecule has 17 nitrogen and oxygen atoms in total. The Bertz CT molecular complexity index is 2830. The predicted octanol–water partition coefficient (Wildman–Crippen LogP) is 7.61. The number of aliphatic hydroxyl groups is 1. The zero-order chi connectivity index (χ0) is 53.1. The van der Waals surface area contributed by atoms with Crippen LogP contribution in [0.2, 0.25) is 0 Å². The first kappa shape index (κ1) is 52.7. The van der Waals surface area contributed by atoms with Crippen molar-refractivity contribution in [2.45, 2.75) is 122 Å². The van der Waals surface area contributed by atoms with Gasteiger partial charge in [-0.1, -0.05) is 50.2 Å². The van der Waals surface area contributed by atoms with Crippen molar-refractivity contribution in [1.29, 1.82) is 0 Å². The van der Waals surface area contributed by atoms with Crippen LogP contribution in [0.25, 0.3) is 5.57 Å². The van der Waals surface area contributed by atoms with Gasteiger partial charge in [0.05, 0.1) is 63.9 Å². The molecule has 5 aliphatic rings. The van der Waals surface area contributed by atoms with Gasteiger partial charge in [0.25, 0.3) is 11.8 Å². The number of hydrogen-bond acceptors (Lipinski definition) is 13. The second-order valence-corrected chi connectivity index (χ2v) is 20.9. The maximum Gasteiger partial charge on any atom is 0.416 e. The van der Waals surface area contributed by atoms with Gasteiger partial charge < -0.3 is 54.4 Å². The monoisotopic (exact) mass is 1030 g/mol. The molecule has 17 heteroatoms. The molecule has 1 saturated carbocycles. The maximum absolute atomic E-state index is 14.3. The Labute approximate surface area is 438 Å². The lowest BCUT2D eigenvalue weighted by molar-refractivity contribution is -0.128. The van der Waals surface area contributed by atoms with Crippen LogP contribution < -0.4 is 39.6 Å². The Balaban J connectivity index is 0.813. The van der Waals surface area contributed by atoms with Crippen LogP contribution in [-0.4, -0.2) is 116 Å². The number of anilines is 1. The van der Waals surface area contributed by atoms with E-state index in [1.807, 2.05) is 55.3 Å². The number of aryl methyl sites for hydroxylation is 1. The zero-order valence-corrected chi connectivity index (χ0v) is 43.7. The molecule has 1 aliphatic carbocycles. The van der Waals surface area contributed by atoms with Crippen LogP contribution in [0.15, 0.2) is 79.0 Å². The number of Topliss-reactive ketones (excluding diaryl/α,β-unsaturated/α-hetero) is 1.